The maximum Gasteiger partial charge on any atom is 0.134 e. The van der Waals surface area contributed by atoms with Gasteiger partial charge in [-0.3, -0.25) is 4.99 Å². The second-order valence-corrected chi connectivity index (χ2v) is 2.90. The molecular formula is C9H10FN3. The summed E-state index contributed by atoms with van der Waals surface area (Å²) in [5.74, 6) is 0.312. The molecule has 0 bridgehead atoms. The van der Waals surface area contributed by atoms with Gasteiger partial charge in [-0.05, 0) is 18.2 Å². The summed E-state index contributed by atoms with van der Waals surface area (Å²) >= 11 is 0. The zero-order chi connectivity index (χ0) is 9.26. The van der Waals surface area contributed by atoms with Crippen LogP contribution in [0.3, 0.4) is 0 Å². The Bertz CT molecular complexity index is 360. The van der Waals surface area contributed by atoms with Crippen LogP contribution in [-0.4, -0.2) is 18.9 Å². The largest absolute Gasteiger partial charge is 0.399 e. The van der Waals surface area contributed by atoms with Crippen molar-refractivity contribution in [2.45, 2.75) is 0 Å². The van der Waals surface area contributed by atoms with Crippen LogP contribution in [0.2, 0.25) is 0 Å². The molecule has 0 saturated heterocycles. The number of aliphatic imine (C=N–C) groups is 1. The van der Waals surface area contributed by atoms with E-state index in [9.17, 15) is 4.39 Å². The van der Waals surface area contributed by atoms with E-state index < -0.39 is 0 Å². The van der Waals surface area contributed by atoms with E-state index in [2.05, 4.69) is 10.3 Å². The highest BCUT2D eigenvalue weighted by Gasteiger charge is 2.12. The van der Waals surface area contributed by atoms with Gasteiger partial charge in [0.15, 0.2) is 0 Å². The van der Waals surface area contributed by atoms with Crippen LogP contribution in [0.15, 0.2) is 23.2 Å². The van der Waals surface area contributed by atoms with Gasteiger partial charge in [-0.2, -0.15) is 0 Å². The third-order valence-electron chi connectivity index (χ3n) is 1.92. The van der Waals surface area contributed by atoms with Crippen molar-refractivity contribution in [2.75, 3.05) is 18.8 Å². The Morgan fingerprint density at radius 2 is 2.31 bits per heavy atom. The molecule has 68 valence electrons. The number of nitrogens with one attached hydrogen (secondary N) is 1. The fraction of sp³-hybridized carbons (Fsp3) is 0.222. The van der Waals surface area contributed by atoms with E-state index in [1.807, 2.05) is 0 Å². The van der Waals surface area contributed by atoms with E-state index >= 15 is 0 Å². The molecule has 0 fully saturated rings. The van der Waals surface area contributed by atoms with Crippen molar-refractivity contribution in [3.63, 3.8) is 0 Å². The van der Waals surface area contributed by atoms with Gasteiger partial charge in [0.1, 0.15) is 11.7 Å². The Labute approximate surface area is 75.5 Å². The summed E-state index contributed by atoms with van der Waals surface area (Å²) in [7, 11) is 0. The molecule has 3 nitrogen and oxygen atoms in total. The van der Waals surface area contributed by atoms with Crippen LogP contribution in [0, 0.1) is 5.82 Å². The maximum atomic E-state index is 13.2. The molecule has 1 aliphatic heterocycles. The first-order valence-electron chi connectivity index (χ1n) is 4.11. The fourth-order valence-electron chi connectivity index (χ4n) is 1.30. The van der Waals surface area contributed by atoms with Gasteiger partial charge in [0.25, 0.3) is 0 Å². The molecule has 0 amide bonds. The monoisotopic (exact) mass is 179 g/mol. The summed E-state index contributed by atoms with van der Waals surface area (Å²) in [5, 5.41) is 3.00. The predicted molar refractivity (Wildman–Crippen MR) is 50.2 cm³/mol. The number of nitrogen functional groups attached to an aromatic ring is 1. The lowest BCUT2D eigenvalue weighted by atomic mass is 10.1. The molecule has 2 rings (SSSR count). The normalized spacial score (nSPS) is 15.3. The predicted octanol–water partition coefficient (Wildman–Crippen LogP) is 0.758. The van der Waals surface area contributed by atoms with Gasteiger partial charge in [0.05, 0.1) is 12.1 Å². The second-order valence-electron chi connectivity index (χ2n) is 2.90. The van der Waals surface area contributed by atoms with Crippen molar-refractivity contribution in [3.05, 3.63) is 29.6 Å². The summed E-state index contributed by atoms with van der Waals surface area (Å²) in [5.41, 5.74) is 6.55. The molecule has 1 aliphatic rings. The van der Waals surface area contributed by atoms with E-state index in [-0.39, 0.29) is 5.82 Å². The molecule has 13 heavy (non-hydrogen) atoms. The van der Waals surface area contributed by atoms with E-state index in [1.54, 1.807) is 6.07 Å². The van der Waals surface area contributed by atoms with Gasteiger partial charge in [-0.1, -0.05) is 0 Å². The first kappa shape index (κ1) is 8.04. The Morgan fingerprint density at radius 3 is 3.00 bits per heavy atom. The molecule has 0 aromatic heterocycles. The third-order valence-corrected chi connectivity index (χ3v) is 1.92. The molecule has 1 aromatic rings. The summed E-state index contributed by atoms with van der Waals surface area (Å²) in [6.07, 6.45) is 0. The van der Waals surface area contributed by atoms with Crippen molar-refractivity contribution in [3.8, 4) is 0 Å². The molecule has 0 atom stereocenters. The zero-order valence-corrected chi connectivity index (χ0v) is 7.05. The number of hydrogen-bond acceptors (Lipinski definition) is 3. The number of anilines is 1. The van der Waals surface area contributed by atoms with Crippen LogP contribution in [-0.2, 0) is 0 Å². The van der Waals surface area contributed by atoms with Gasteiger partial charge < -0.3 is 11.1 Å². The van der Waals surface area contributed by atoms with Crippen molar-refractivity contribution in [2.24, 2.45) is 4.99 Å². The lowest BCUT2D eigenvalue weighted by molar-refractivity contribution is 0.625. The first-order chi connectivity index (χ1) is 6.27. The van der Waals surface area contributed by atoms with Gasteiger partial charge in [-0.15, -0.1) is 0 Å². The number of benzene rings is 1. The second kappa shape index (κ2) is 3.05. The van der Waals surface area contributed by atoms with Gasteiger partial charge in [0.2, 0.25) is 0 Å². The smallest absolute Gasteiger partial charge is 0.134 e. The van der Waals surface area contributed by atoms with Crippen molar-refractivity contribution >= 4 is 11.5 Å². The fourth-order valence-corrected chi connectivity index (χ4v) is 1.30. The molecule has 0 saturated carbocycles. The number of halogens is 1. The highest BCUT2D eigenvalue weighted by Crippen LogP contribution is 2.13. The van der Waals surface area contributed by atoms with E-state index in [0.29, 0.717) is 23.6 Å². The Kier molecular flexibility index (Phi) is 1.88. The molecule has 0 spiro atoms. The van der Waals surface area contributed by atoms with Gasteiger partial charge in [-0.25, -0.2) is 4.39 Å². The Balaban J connectivity index is 2.43. The van der Waals surface area contributed by atoms with Crippen LogP contribution in [0.1, 0.15) is 5.56 Å². The van der Waals surface area contributed by atoms with Crippen LogP contribution in [0.25, 0.3) is 0 Å². The van der Waals surface area contributed by atoms with Gasteiger partial charge >= 0.3 is 0 Å². The highest BCUT2D eigenvalue weighted by molar-refractivity contribution is 6.00. The lowest BCUT2D eigenvalue weighted by Gasteiger charge is -2.04. The molecular weight excluding hydrogens is 169 g/mol. The lowest BCUT2D eigenvalue weighted by Crippen LogP contribution is -2.20. The van der Waals surface area contributed by atoms with Crippen LogP contribution < -0.4 is 11.1 Å². The number of nitrogens with zero attached hydrogens (tertiary/aromatic N) is 1. The molecule has 0 aliphatic carbocycles. The summed E-state index contributed by atoms with van der Waals surface area (Å²) in [4.78, 5) is 4.12. The van der Waals surface area contributed by atoms with E-state index in [1.165, 1.54) is 12.1 Å². The quantitative estimate of drug-likeness (QED) is 0.625. The number of nitrogens with two attached hydrogens (primary N) is 1. The minimum atomic E-state index is -0.289. The molecule has 4 heteroatoms. The minimum absolute atomic E-state index is 0.289. The van der Waals surface area contributed by atoms with Crippen molar-refractivity contribution < 1.29 is 4.39 Å². The van der Waals surface area contributed by atoms with Crippen LogP contribution >= 0.6 is 0 Å². The average Bonchev–Trinajstić information content (AvgIpc) is 2.61. The molecule has 1 aromatic carbocycles. The minimum Gasteiger partial charge on any atom is -0.399 e. The van der Waals surface area contributed by atoms with E-state index in [4.69, 9.17) is 5.73 Å². The Morgan fingerprint density at radius 1 is 1.46 bits per heavy atom. The maximum absolute atomic E-state index is 13.2. The summed E-state index contributed by atoms with van der Waals surface area (Å²) < 4.78 is 13.2. The number of hydrogen-bond donors (Lipinski definition) is 2. The van der Waals surface area contributed by atoms with Crippen molar-refractivity contribution in [1.29, 1.82) is 0 Å². The van der Waals surface area contributed by atoms with E-state index in [0.717, 1.165) is 6.54 Å². The highest BCUT2D eigenvalue weighted by atomic mass is 19.1. The Hall–Kier alpha value is -1.58. The molecule has 0 radical (unpaired) electrons. The topological polar surface area (TPSA) is 50.4 Å². The first-order valence-corrected chi connectivity index (χ1v) is 4.11. The SMILES string of the molecule is Nc1ccc(F)c(C2=NCCN2)c1. The average molecular weight is 179 g/mol. The molecule has 1 heterocycles. The third kappa shape index (κ3) is 1.47. The van der Waals surface area contributed by atoms with Crippen LogP contribution in [0.4, 0.5) is 10.1 Å². The zero-order valence-electron chi connectivity index (χ0n) is 7.05. The summed E-state index contributed by atoms with van der Waals surface area (Å²) in [6.45, 7) is 1.47. The van der Waals surface area contributed by atoms with Crippen LogP contribution in [0.5, 0.6) is 0 Å². The standard InChI is InChI=1S/C9H10FN3/c10-8-2-1-6(11)5-7(8)9-12-3-4-13-9/h1-2,5H,3-4,11H2,(H,12,13). The molecule has 3 N–H and O–H groups in total. The number of amidine groups is 1. The van der Waals surface area contributed by atoms with Crippen molar-refractivity contribution in [1.82, 2.24) is 5.32 Å². The number of rotatable bonds is 1. The molecule has 0 unspecified atom stereocenters. The van der Waals surface area contributed by atoms with Gasteiger partial charge in [0, 0.05) is 12.2 Å². The summed E-state index contributed by atoms with van der Waals surface area (Å²) in [6, 6.07) is 4.48.